The molecule has 2 aromatic rings. The summed E-state index contributed by atoms with van der Waals surface area (Å²) in [6, 6.07) is 3.59. The maximum Gasteiger partial charge on any atom is 0.264 e. The Morgan fingerprint density at radius 1 is 1.12 bits per heavy atom. The lowest BCUT2D eigenvalue weighted by Gasteiger charge is -2.27. The van der Waals surface area contributed by atoms with Gasteiger partial charge in [0.05, 0.1) is 34.7 Å². The third-order valence-electron chi connectivity index (χ3n) is 6.27. The molecule has 176 valence electrons. The van der Waals surface area contributed by atoms with Crippen molar-refractivity contribution in [3.63, 3.8) is 0 Å². The van der Waals surface area contributed by atoms with Crippen LogP contribution in [0.3, 0.4) is 0 Å². The third-order valence-corrected chi connectivity index (χ3v) is 6.27. The second-order valence-corrected chi connectivity index (χ2v) is 8.57. The Morgan fingerprint density at radius 2 is 1.97 bits per heavy atom. The molecule has 1 aromatic heterocycles. The van der Waals surface area contributed by atoms with E-state index >= 15 is 0 Å². The maximum atomic E-state index is 13.1. The van der Waals surface area contributed by atoms with Crippen molar-refractivity contribution in [2.24, 2.45) is 0 Å². The molecule has 0 bridgehead atoms. The lowest BCUT2D eigenvalue weighted by Crippen LogP contribution is -2.54. The highest BCUT2D eigenvalue weighted by Crippen LogP contribution is 2.32. The molecular weight excluding hydrogens is 442 g/mol. The molecule has 34 heavy (non-hydrogen) atoms. The number of benzene rings is 1. The van der Waals surface area contributed by atoms with Gasteiger partial charge in [-0.15, -0.1) is 5.10 Å². The molecule has 5 amide bonds. The molecule has 0 spiro atoms. The molecule has 3 aliphatic rings. The van der Waals surface area contributed by atoms with Gasteiger partial charge in [0.2, 0.25) is 17.7 Å². The Balaban J connectivity index is 1.31. The fourth-order valence-electron chi connectivity index (χ4n) is 4.61. The van der Waals surface area contributed by atoms with Gasteiger partial charge < -0.3 is 10.6 Å². The van der Waals surface area contributed by atoms with E-state index in [0.717, 1.165) is 36.4 Å². The van der Waals surface area contributed by atoms with Crippen LogP contribution < -0.4 is 16.0 Å². The largest absolute Gasteiger partial charge is 0.324 e. The molecular formula is C22H23N7O5. The van der Waals surface area contributed by atoms with E-state index in [-0.39, 0.29) is 42.2 Å². The van der Waals surface area contributed by atoms with E-state index in [4.69, 9.17) is 0 Å². The average molecular weight is 465 g/mol. The summed E-state index contributed by atoms with van der Waals surface area (Å²) in [4.78, 5) is 63.3. The van der Waals surface area contributed by atoms with Crippen LogP contribution >= 0.6 is 0 Å². The van der Waals surface area contributed by atoms with Gasteiger partial charge in [0.15, 0.2) is 0 Å². The van der Waals surface area contributed by atoms with Crippen LogP contribution in [0.25, 0.3) is 0 Å². The van der Waals surface area contributed by atoms with Crippen molar-refractivity contribution in [2.75, 3.05) is 11.9 Å². The van der Waals surface area contributed by atoms with Crippen molar-refractivity contribution in [3.8, 4) is 0 Å². The van der Waals surface area contributed by atoms with Crippen LogP contribution in [0, 0.1) is 0 Å². The molecule has 2 fully saturated rings. The number of hydrogen-bond acceptors (Lipinski definition) is 8. The van der Waals surface area contributed by atoms with E-state index in [9.17, 15) is 24.0 Å². The van der Waals surface area contributed by atoms with Gasteiger partial charge >= 0.3 is 0 Å². The number of imide groups is 2. The molecule has 3 N–H and O–H groups in total. The molecule has 12 nitrogen and oxygen atoms in total. The van der Waals surface area contributed by atoms with E-state index in [2.05, 4.69) is 26.3 Å². The number of hydrogen-bond donors (Lipinski definition) is 3. The topological polar surface area (TPSA) is 155 Å². The zero-order valence-corrected chi connectivity index (χ0v) is 18.2. The van der Waals surface area contributed by atoms with E-state index in [1.807, 2.05) is 0 Å². The van der Waals surface area contributed by atoms with E-state index in [1.165, 1.54) is 16.8 Å². The lowest BCUT2D eigenvalue weighted by atomic mass is 10.0. The minimum Gasteiger partial charge on any atom is -0.324 e. The smallest absolute Gasteiger partial charge is 0.264 e. The molecule has 0 aliphatic carbocycles. The predicted octanol–water partition coefficient (Wildman–Crippen LogP) is 0.133. The molecule has 5 rings (SSSR count). The Morgan fingerprint density at radius 3 is 2.74 bits per heavy atom. The summed E-state index contributed by atoms with van der Waals surface area (Å²) in [5, 5.41) is 16.4. The van der Waals surface area contributed by atoms with Crippen molar-refractivity contribution < 1.29 is 24.0 Å². The number of carbonyl (C=O) groups excluding carboxylic acids is 5. The van der Waals surface area contributed by atoms with Gasteiger partial charge in [-0.1, -0.05) is 17.7 Å². The standard InChI is InChI=1S/C22H23N7O5/c30-17-8-7-16(20(32)25-17)29-21(33)12-4-3-6-14(19(12)22(29)34)24-18(31)11-28-10-15(26-27-28)13-5-1-2-9-23-13/h3-4,6,10,13,16,23H,1-2,5,7-9,11H2,(H,24,31)(H,25,30,32). The number of nitrogens with zero attached hydrogens (tertiary/aromatic N) is 4. The van der Waals surface area contributed by atoms with Crippen LogP contribution in [-0.4, -0.2) is 62.0 Å². The summed E-state index contributed by atoms with van der Waals surface area (Å²) in [7, 11) is 0. The molecule has 0 saturated carbocycles. The Hall–Kier alpha value is -3.93. The van der Waals surface area contributed by atoms with Crippen molar-refractivity contribution in [1.82, 2.24) is 30.5 Å². The van der Waals surface area contributed by atoms with Crippen LogP contribution in [-0.2, 0) is 20.9 Å². The molecule has 1 aromatic carbocycles. The number of amides is 5. The molecule has 0 radical (unpaired) electrons. The zero-order chi connectivity index (χ0) is 23.8. The van der Waals surface area contributed by atoms with Gasteiger partial charge in [-0.05, 0) is 37.9 Å². The normalized spacial score (nSPS) is 22.5. The number of carbonyl (C=O) groups is 5. The van der Waals surface area contributed by atoms with Gasteiger partial charge in [0.1, 0.15) is 12.6 Å². The van der Waals surface area contributed by atoms with Gasteiger partial charge in [0.25, 0.3) is 11.8 Å². The Labute approximate surface area is 194 Å². The Bertz CT molecular complexity index is 1200. The predicted molar refractivity (Wildman–Crippen MR) is 116 cm³/mol. The summed E-state index contributed by atoms with van der Waals surface area (Å²) < 4.78 is 1.42. The number of rotatable bonds is 5. The first-order chi connectivity index (χ1) is 16.4. The SMILES string of the molecule is O=C1CCC(N2C(=O)c3cccc(NC(=O)Cn4cc(C5CCCCN5)nn4)c3C2=O)C(=O)N1. The summed E-state index contributed by atoms with van der Waals surface area (Å²) in [6.45, 7) is 0.794. The average Bonchev–Trinajstić information content (AvgIpc) is 3.38. The molecule has 3 aliphatic heterocycles. The highest BCUT2D eigenvalue weighted by atomic mass is 16.2. The Kier molecular flexibility index (Phi) is 5.65. The van der Waals surface area contributed by atoms with Gasteiger partial charge in [0, 0.05) is 6.42 Å². The molecule has 2 unspecified atom stereocenters. The number of fused-ring (bicyclic) bond motifs is 1. The van der Waals surface area contributed by atoms with Gasteiger partial charge in [-0.25, -0.2) is 4.68 Å². The third kappa shape index (κ3) is 3.96. The van der Waals surface area contributed by atoms with Gasteiger partial charge in [-0.3, -0.25) is 34.2 Å². The quantitative estimate of drug-likeness (QED) is 0.527. The fraction of sp³-hybridized carbons (Fsp3) is 0.409. The van der Waals surface area contributed by atoms with Crippen LogP contribution in [0.4, 0.5) is 5.69 Å². The number of piperidine rings is 2. The second-order valence-electron chi connectivity index (χ2n) is 8.57. The van der Waals surface area contributed by atoms with Crippen LogP contribution in [0.1, 0.15) is 64.6 Å². The summed E-state index contributed by atoms with van der Waals surface area (Å²) in [5.41, 5.74) is 1.06. The van der Waals surface area contributed by atoms with E-state index in [1.54, 1.807) is 12.3 Å². The van der Waals surface area contributed by atoms with E-state index in [0.29, 0.717) is 0 Å². The minimum absolute atomic E-state index is 0.0243. The first-order valence-electron chi connectivity index (χ1n) is 11.2. The van der Waals surface area contributed by atoms with Crippen molar-refractivity contribution >= 4 is 35.2 Å². The summed E-state index contributed by atoms with van der Waals surface area (Å²) in [5.74, 6) is -2.89. The second kappa shape index (κ2) is 8.78. The van der Waals surface area contributed by atoms with E-state index < -0.39 is 35.6 Å². The highest BCUT2D eigenvalue weighted by Gasteiger charge is 2.45. The maximum absolute atomic E-state index is 13.1. The lowest BCUT2D eigenvalue weighted by molar-refractivity contribution is -0.136. The minimum atomic E-state index is -1.07. The molecule has 2 atom stereocenters. The molecule has 2 saturated heterocycles. The zero-order valence-electron chi connectivity index (χ0n) is 18.2. The first-order valence-corrected chi connectivity index (χ1v) is 11.2. The monoisotopic (exact) mass is 465 g/mol. The van der Waals surface area contributed by atoms with Crippen molar-refractivity contribution in [3.05, 3.63) is 41.2 Å². The highest BCUT2D eigenvalue weighted by molar-refractivity contribution is 6.26. The van der Waals surface area contributed by atoms with Gasteiger partial charge in [-0.2, -0.15) is 0 Å². The van der Waals surface area contributed by atoms with Crippen LogP contribution in [0.2, 0.25) is 0 Å². The number of anilines is 1. The molecule has 4 heterocycles. The first kappa shape index (κ1) is 21.9. The number of aromatic nitrogens is 3. The van der Waals surface area contributed by atoms with Crippen LogP contribution in [0.5, 0.6) is 0 Å². The summed E-state index contributed by atoms with van der Waals surface area (Å²) >= 11 is 0. The molecule has 12 heteroatoms. The van der Waals surface area contributed by atoms with Crippen molar-refractivity contribution in [1.29, 1.82) is 0 Å². The summed E-state index contributed by atoms with van der Waals surface area (Å²) in [6.07, 6.45) is 4.99. The number of nitrogens with one attached hydrogen (secondary N) is 3. The van der Waals surface area contributed by atoms with Crippen LogP contribution in [0.15, 0.2) is 24.4 Å². The fourth-order valence-corrected chi connectivity index (χ4v) is 4.61. The van der Waals surface area contributed by atoms with Crippen molar-refractivity contribution in [2.45, 2.75) is 50.7 Å².